The van der Waals surface area contributed by atoms with Crippen molar-refractivity contribution >= 4 is 29.1 Å². The van der Waals surface area contributed by atoms with Crippen LogP contribution in [0, 0.1) is 0 Å². The van der Waals surface area contributed by atoms with Crippen molar-refractivity contribution in [2.45, 2.75) is 31.7 Å². The van der Waals surface area contributed by atoms with E-state index >= 15 is 0 Å². The Morgan fingerprint density at radius 2 is 1.70 bits per heavy atom. The summed E-state index contributed by atoms with van der Waals surface area (Å²) >= 11 is 0.971. The summed E-state index contributed by atoms with van der Waals surface area (Å²) in [6.07, 6.45) is 2.65. The van der Waals surface area contributed by atoms with Crippen molar-refractivity contribution in [3.63, 3.8) is 0 Å². The molecule has 2 amide bonds. The molecule has 0 atom stereocenters. The van der Waals surface area contributed by atoms with Crippen molar-refractivity contribution in [1.82, 2.24) is 10.2 Å². The van der Waals surface area contributed by atoms with Gasteiger partial charge in [0.05, 0.1) is 4.88 Å². The van der Waals surface area contributed by atoms with E-state index in [-0.39, 0.29) is 22.7 Å². The van der Waals surface area contributed by atoms with Crippen LogP contribution in [-0.2, 0) is 11.2 Å². The minimum Gasteiger partial charge on any atom is -0.477 e. The lowest BCUT2D eigenvalue weighted by atomic mass is 10.0. The monoisotopic (exact) mass is 386 g/mol. The highest BCUT2D eigenvalue weighted by molar-refractivity contribution is 7.15. The molecule has 2 N–H and O–H groups in total. The van der Waals surface area contributed by atoms with Gasteiger partial charge < -0.3 is 15.3 Å². The van der Waals surface area contributed by atoms with Crippen LogP contribution < -0.4 is 5.32 Å². The molecule has 0 saturated carbocycles. The lowest BCUT2D eigenvalue weighted by Gasteiger charge is -2.32. The highest BCUT2D eigenvalue weighted by atomic mass is 32.1. The fourth-order valence-electron chi connectivity index (χ4n) is 3.16. The van der Waals surface area contributed by atoms with Gasteiger partial charge in [0.25, 0.3) is 5.91 Å². The van der Waals surface area contributed by atoms with E-state index in [1.807, 2.05) is 35.2 Å². The van der Waals surface area contributed by atoms with E-state index in [0.717, 1.165) is 23.3 Å². The summed E-state index contributed by atoms with van der Waals surface area (Å²) < 4.78 is 0. The molecule has 0 spiro atoms. The standard InChI is InChI=1S/C20H22N2O4S/c23-18(9-6-14-4-2-1-3-5-14)22-12-10-15(11-13-22)21-19(24)16-7-8-17(27-16)20(25)26/h1-5,7-8,15H,6,9-13H2,(H,21,24)(H,25,26). The maximum absolute atomic E-state index is 12.4. The fourth-order valence-corrected chi connectivity index (χ4v) is 3.91. The average molecular weight is 386 g/mol. The van der Waals surface area contributed by atoms with Gasteiger partial charge in [0.1, 0.15) is 4.88 Å². The third kappa shape index (κ3) is 5.17. The second-order valence-corrected chi connectivity index (χ2v) is 7.67. The average Bonchev–Trinajstić information content (AvgIpc) is 3.18. The summed E-state index contributed by atoms with van der Waals surface area (Å²) in [7, 11) is 0. The van der Waals surface area contributed by atoms with E-state index in [0.29, 0.717) is 37.2 Å². The van der Waals surface area contributed by atoms with E-state index in [9.17, 15) is 14.4 Å². The predicted octanol–water partition coefficient (Wildman–Crippen LogP) is 2.80. The molecular weight excluding hydrogens is 364 g/mol. The van der Waals surface area contributed by atoms with Gasteiger partial charge in [0, 0.05) is 25.6 Å². The molecule has 3 rings (SSSR count). The van der Waals surface area contributed by atoms with Crippen LogP contribution in [-0.4, -0.2) is 46.9 Å². The van der Waals surface area contributed by atoms with Gasteiger partial charge in [-0.3, -0.25) is 9.59 Å². The molecule has 1 aromatic heterocycles. The molecule has 1 saturated heterocycles. The number of carbonyl (C=O) groups excluding carboxylic acids is 2. The van der Waals surface area contributed by atoms with Crippen molar-refractivity contribution in [3.05, 3.63) is 57.8 Å². The second kappa shape index (κ2) is 8.81. The van der Waals surface area contributed by atoms with Crippen LogP contribution >= 0.6 is 11.3 Å². The molecule has 0 aliphatic carbocycles. The third-order valence-corrected chi connectivity index (χ3v) is 5.77. The maximum Gasteiger partial charge on any atom is 0.345 e. The zero-order valence-electron chi connectivity index (χ0n) is 14.9. The summed E-state index contributed by atoms with van der Waals surface area (Å²) in [6.45, 7) is 1.26. The number of amides is 2. The highest BCUT2D eigenvalue weighted by Gasteiger charge is 2.24. The summed E-state index contributed by atoms with van der Waals surface area (Å²) in [5.41, 5.74) is 1.16. The Bertz CT molecular complexity index is 810. The third-order valence-electron chi connectivity index (χ3n) is 4.69. The topological polar surface area (TPSA) is 86.7 Å². The number of carboxylic acids is 1. The number of rotatable bonds is 6. The molecule has 27 heavy (non-hydrogen) atoms. The number of hydrogen-bond acceptors (Lipinski definition) is 4. The molecule has 1 fully saturated rings. The van der Waals surface area contributed by atoms with Crippen LogP contribution in [0.25, 0.3) is 0 Å². The van der Waals surface area contributed by atoms with Gasteiger partial charge in [-0.15, -0.1) is 11.3 Å². The zero-order chi connectivity index (χ0) is 19.2. The number of nitrogens with zero attached hydrogens (tertiary/aromatic N) is 1. The summed E-state index contributed by atoms with van der Waals surface area (Å²) in [5.74, 6) is -1.13. The van der Waals surface area contributed by atoms with Crippen LogP contribution in [0.4, 0.5) is 0 Å². The van der Waals surface area contributed by atoms with Crippen molar-refractivity contribution < 1.29 is 19.5 Å². The number of nitrogens with one attached hydrogen (secondary N) is 1. The number of aryl methyl sites for hydroxylation is 1. The number of carbonyl (C=O) groups is 3. The van der Waals surface area contributed by atoms with Crippen molar-refractivity contribution in [2.75, 3.05) is 13.1 Å². The largest absolute Gasteiger partial charge is 0.477 e. The van der Waals surface area contributed by atoms with Gasteiger partial charge in [-0.05, 0) is 37.0 Å². The summed E-state index contributed by atoms with van der Waals surface area (Å²) in [5, 5.41) is 11.9. The molecule has 0 unspecified atom stereocenters. The number of carboxylic acid groups (broad SMARTS) is 1. The van der Waals surface area contributed by atoms with Gasteiger partial charge >= 0.3 is 5.97 Å². The van der Waals surface area contributed by atoms with Gasteiger partial charge in [0.15, 0.2) is 0 Å². The second-order valence-electron chi connectivity index (χ2n) is 6.58. The number of benzene rings is 1. The molecule has 142 valence electrons. The molecule has 7 heteroatoms. The van der Waals surface area contributed by atoms with Crippen LogP contribution in [0.3, 0.4) is 0 Å². The molecular formula is C20H22N2O4S. The van der Waals surface area contributed by atoms with E-state index < -0.39 is 5.97 Å². The first-order valence-electron chi connectivity index (χ1n) is 8.98. The number of thiophene rings is 1. The lowest BCUT2D eigenvalue weighted by Crippen LogP contribution is -2.46. The molecule has 6 nitrogen and oxygen atoms in total. The van der Waals surface area contributed by atoms with Crippen LogP contribution in [0.2, 0.25) is 0 Å². The smallest absolute Gasteiger partial charge is 0.345 e. The van der Waals surface area contributed by atoms with Crippen molar-refractivity contribution in [2.24, 2.45) is 0 Å². The molecule has 1 aliphatic rings. The quantitative estimate of drug-likeness (QED) is 0.799. The predicted molar refractivity (Wildman–Crippen MR) is 103 cm³/mol. The van der Waals surface area contributed by atoms with Crippen LogP contribution in [0.5, 0.6) is 0 Å². The molecule has 1 aliphatic heterocycles. The first-order valence-corrected chi connectivity index (χ1v) is 9.80. The first kappa shape index (κ1) is 19.1. The molecule has 2 aromatic rings. The zero-order valence-corrected chi connectivity index (χ0v) is 15.7. The molecule has 0 bridgehead atoms. The maximum atomic E-state index is 12.4. The van der Waals surface area contributed by atoms with Gasteiger partial charge in [-0.25, -0.2) is 4.79 Å². The number of aromatic carboxylic acids is 1. The van der Waals surface area contributed by atoms with Crippen LogP contribution in [0.1, 0.15) is 44.2 Å². The molecule has 1 aromatic carbocycles. The Labute approximate surface area is 161 Å². The highest BCUT2D eigenvalue weighted by Crippen LogP contribution is 2.18. The summed E-state index contributed by atoms with van der Waals surface area (Å²) in [4.78, 5) is 37.9. The first-order chi connectivity index (χ1) is 13.0. The van der Waals surface area contributed by atoms with E-state index in [4.69, 9.17) is 5.11 Å². The normalized spacial score (nSPS) is 14.7. The van der Waals surface area contributed by atoms with E-state index in [1.165, 1.54) is 12.1 Å². The van der Waals surface area contributed by atoms with E-state index in [1.54, 1.807) is 0 Å². The Balaban J connectivity index is 1.43. The minimum absolute atomic E-state index is 0.00560. The van der Waals surface area contributed by atoms with Crippen LogP contribution in [0.15, 0.2) is 42.5 Å². The Kier molecular flexibility index (Phi) is 6.24. The number of piperidine rings is 1. The number of hydrogen-bond donors (Lipinski definition) is 2. The van der Waals surface area contributed by atoms with Crippen molar-refractivity contribution in [1.29, 1.82) is 0 Å². The minimum atomic E-state index is -1.03. The Morgan fingerprint density at radius 3 is 2.33 bits per heavy atom. The molecule has 2 heterocycles. The number of likely N-dealkylation sites (tertiary alicyclic amines) is 1. The van der Waals surface area contributed by atoms with Gasteiger partial charge in [-0.1, -0.05) is 30.3 Å². The Morgan fingerprint density at radius 1 is 1.04 bits per heavy atom. The lowest BCUT2D eigenvalue weighted by molar-refractivity contribution is -0.132. The Hall–Kier alpha value is -2.67. The SMILES string of the molecule is O=C(O)c1ccc(C(=O)NC2CCN(C(=O)CCc3ccccc3)CC2)s1. The molecule has 0 radical (unpaired) electrons. The van der Waals surface area contributed by atoms with Crippen molar-refractivity contribution in [3.8, 4) is 0 Å². The van der Waals surface area contributed by atoms with Gasteiger partial charge in [-0.2, -0.15) is 0 Å². The fraction of sp³-hybridized carbons (Fsp3) is 0.350. The summed E-state index contributed by atoms with van der Waals surface area (Å²) in [6, 6.07) is 12.9. The van der Waals surface area contributed by atoms with E-state index in [2.05, 4.69) is 5.32 Å². The van der Waals surface area contributed by atoms with Gasteiger partial charge in [0.2, 0.25) is 5.91 Å².